The maximum Gasteiger partial charge on any atom is 0.235 e. The van der Waals surface area contributed by atoms with Gasteiger partial charge < -0.3 is 0 Å². The van der Waals surface area contributed by atoms with Gasteiger partial charge in [-0.1, -0.05) is 13.0 Å². The second-order valence-corrected chi connectivity index (χ2v) is 3.85. The summed E-state index contributed by atoms with van der Waals surface area (Å²) in [5.74, 6) is 0. The highest BCUT2D eigenvalue weighted by atomic mass is 32.2. The van der Waals surface area contributed by atoms with Crippen LogP contribution in [0.25, 0.3) is 0 Å². The molecule has 0 spiro atoms. The Morgan fingerprint density at radius 3 is 2.30 bits per heavy atom. The Bertz CT molecular complexity index is 206. The minimum absolute atomic E-state index is 0.507. The summed E-state index contributed by atoms with van der Waals surface area (Å²) < 4.78 is 23.3. The summed E-state index contributed by atoms with van der Waals surface area (Å²) >= 11 is 0. The normalized spacial score (nSPS) is 13.2. The van der Waals surface area contributed by atoms with Gasteiger partial charge in [-0.15, -0.1) is 0 Å². The lowest BCUT2D eigenvalue weighted by molar-refractivity contribution is 0.495. The van der Waals surface area contributed by atoms with E-state index in [9.17, 15) is 8.42 Å². The third kappa shape index (κ3) is 2.49. The highest BCUT2D eigenvalue weighted by Crippen LogP contribution is 1.97. The summed E-state index contributed by atoms with van der Waals surface area (Å²) in [4.78, 5) is 0. The summed E-state index contributed by atoms with van der Waals surface area (Å²) in [6, 6.07) is 0. The number of hydrogen-bond donors (Lipinski definition) is 0. The van der Waals surface area contributed by atoms with E-state index in [0.29, 0.717) is 6.54 Å². The largest absolute Gasteiger partial charge is 0.235 e. The Kier molecular flexibility index (Phi) is 3.60. The molecule has 0 heterocycles. The predicted octanol–water partition coefficient (Wildman–Crippen LogP) is 0.801. The number of hydrogen-bond acceptors (Lipinski definition) is 2. The Morgan fingerprint density at radius 2 is 2.00 bits per heavy atom. The first-order chi connectivity index (χ1) is 4.54. The van der Waals surface area contributed by atoms with E-state index >= 15 is 0 Å². The minimum Gasteiger partial charge on any atom is -0.208 e. The van der Waals surface area contributed by atoms with Crippen molar-refractivity contribution in [3.63, 3.8) is 0 Å². The van der Waals surface area contributed by atoms with Crippen molar-refractivity contribution in [3.05, 3.63) is 11.5 Å². The zero-order chi connectivity index (χ0) is 8.20. The van der Waals surface area contributed by atoms with E-state index in [1.165, 1.54) is 15.8 Å². The molecule has 60 valence electrons. The first kappa shape index (κ1) is 9.65. The van der Waals surface area contributed by atoms with Crippen molar-refractivity contribution in [1.29, 1.82) is 0 Å². The van der Waals surface area contributed by atoms with Crippen molar-refractivity contribution in [2.24, 2.45) is 0 Å². The van der Waals surface area contributed by atoms with Crippen LogP contribution in [0.15, 0.2) is 11.5 Å². The smallest absolute Gasteiger partial charge is 0.208 e. The highest BCUT2D eigenvalue weighted by molar-refractivity contribution is 7.92. The first-order valence-electron chi connectivity index (χ1n) is 3.13. The van der Waals surface area contributed by atoms with Crippen LogP contribution in [0.4, 0.5) is 0 Å². The molecule has 0 unspecified atom stereocenters. The molecule has 0 rings (SSSR count). The SMILES string of the molecule is CC=CS(=O)(=O)N(C)CC. The van der Waals surface area contributed by atoms with Gasteiger partial charge in [0.2, 0.25) is 10.0 Å². The first-order valence-corrected chi connectivity index (χ1v) is 4.64. The van der Waals surface area contributed by atoms with Crippen molar-refractivity contribution in [2.75, 3.05) is 13.6 Å². The monoisotopic (exact) mass is 163 g/mol. The molecule has 0 saturated carbocycles. The van der Waals surface area contributed by atoms with Gasteiger partial charge in [0.1, 0.15) is 0 Å². The van der Waals surface area contributed by atoms with Gasteiger partial charge in [-0.3, -0.25) is 0 Å². The molecule has 0 aliphatic rings. The zero-order valence-corrected chi connectivity index (χ0v) is 7.35. The fraction of sp³-hybridized carbons (Fsp3) is 0.667. The summed E-state index contributed by atoms with van der Waals surface area (Å²) in [6.07, 6.45) is 1.52. The molecule has 0 aliphatic carbocycles. The van der Waals surface area contributed by atoms with E-state index in [2.05, 4.69) is 0 Å². The summed E-state index contributed by atoms with van der Waals surface area (Å²) in [6.45, 7) is 3.98. The van der Waals surface area contributed by atoms with Crippen LogP contribution < -0.4 is 0 Å². The van der Waals surface area contributed by atoms with Crippen molar-refractivity contribution in [3.8, 4) is 0 Å². The van der Waals surface area contributed by atoms with Crippen molar-refractivity contribution in [1.82, 2.24) is 4.31 Å². The second kappa shape index (κ2) is 3.73. The van der Waals surface area contributed by atoms with Gasteiger partial charge in [-0.2, -0.15) is 0 Å². The van der Waals surface area contributed by atoms with Gasteiger partial charge in [0.25, 0.3) is 0 Å². The van der Waals surface area contributed by atoms with E-state index in [1.54, 1.807) is 20.9 Å². The lowest BCUT2D eigenvalue weighted by atomic mass is 10.8. The maximum atomic E-state index is 11.0. The van der Waals surface area contributed by atoms with Crippen molar-refractivity contribution in [2.45, 2.75) is 13.8 Å². The molecule has 0 bridgehead atoms. The number of allylic oxidation sites excluding steroid dienone is 1. The molecule has 3 nitrogen and oxygen atoms in total. The third-order valence-corrected chi connectivity index (χ3v) is 2.93. The molecule has 0 aliphatic heterocycles. The molecule has 0 radical (unpaired) electrons. The molecule has 0 aromatic carbocycles. The number of sulfonamides is 1. The van der Waals surface area contributed by atoms with Crippen LogP contribution >= 0.6 is 0 Å². The van der Waals surface area contributed by atoms with Crippen LogP contribution in [0, 0.1) is 0 Å². The van der Waals surface area contributed by atoms with Gasteiger partial charge in [0.15, 0.2) is 0 Å². The quantitative estimate of drug-likeness (QED) is 0.617. The van der Waals surface area contributed by atoms with Crippen LogP contribution in [0.3, 0.4) is 0 Å². The standard InChI is InChI=1S/C6H13NO2S/c1-4-6-10(8,9)7(3)5-2/h4,6H,5H2,1-3H3. The predicted molar refractivity (Wildman–Crippen MR) is 42.0 cm³/mol. The molecule has 0 aromatic rings. The molecular weight excluding hydrogens is 150 g/mol. The van der Waals surface area contributed by atoms with E-state index < -0.39 is 10.0 Å². The van der Waals surface area contributed by atoms with Crippen LogP contribution in [0.1, 0.15) is 13.8 Å². The molecule has 0 N–H and O–H groups in total. The molecular formula is C6H13NO2S. The van der Waals surface area contributed by atoms with Crippen LogP contribution in [0.2, 0.25) is 0 Å². The highest BCUT2D eigenvalue weighted by Gasteiger charge is 2.09. The number of rotatable bonds is 3. The van der Waals surface area contributed by atoms with Gasteiger partial charge in [0.05, 0.1) is 0 Å². The Hall–Kier alpha value is -0.350. The minimum atomic E-state index is -3.11. The van der Waals surface area contributed by atoms with E-state index in [-0.39, 0.29) is 0 Å². The molecule has 0 atom stereocenters. The van der Waals surface area contributed by atoms with Gasteiger partial charge in [0, 0.05) is 19.0 Å². The van der Waals surface area contributed by atoms with E-state index in [4.69, 9.17) is 0 Å². The topological polar surface area (TPSA) is 37.4 Å². The number of nitrogens with zero attached hydrogens (tertiary/aromatic N) is 1. The van der Waals surface area contributed by atoms with Gasteiger partial charge in [-0.25, -0.2) is 12.7 Å². The van der Waals surface area contributed by atoms with Gasteiger partial charge in [-0.05, 0) is 6.92 Å². The fourth-order valence-electron chi connectivity index (χ4n) is 0.456. The Balaban J connectivity index is 4.42. The fourth-order valence-corrected chi connectivity index (χ4v) is 1.37. The molecule has 0 saturated heterocycles. The maximum absolute atomic E-state index is 11.0. The van der Waals surface area contributed by atoms with Crippen LogP contribution in [0.5, 0.6) is 0 Å². The molecule has 0 aromatic heterocycles. The summed E-state index contributed by atoms with van der Waals surface area (Å²) in [7, 11) is -1.56. The average Bonchev–Trinajstić information content (AvgIpc) is 1.86. The molecule has 0 amide bonds. The van der Waals surface area contributed by atoms with Crippen LogP contribution in [-0.2, 0) is 10.0 Å². The second-order valence-electron chi connectivity index (χ2n) is 1.93. The van der Waals surface area contributed by atoms with E-state index in [0.717, 1.165) is 0 Å². The molecule has 0 fully saturated rings. The van der Waals surface area contributed by atoms with Crippen LogP contribution in [-0.4, -0.2) is 26.3 Å². The summed E-state index contributed by atoms with van der Waals surface area (Å²) in [5.41, 5.74) is 0. The van der Waals surface area contributed by atoms with Gasteiger partial charge >= 0.3 is 0 Å². The van der Waals surface area contributed by atoms with Crippen molar-refractivity contribution >= 4 is 10.0 Å². The molecule has 10 heavy (non-hydrogen) atoms. The molecule has 4 heteroatoms. The lowest BCUT2D eigenvalue weighted by Gasteiger charge is -2.10. The zero-order valence-electron chi connectivity index (χ0n) is 6.53. The Morgan fingerprint density at radius 1 is 1.50 bits per heavy atom. The summed E-state index contributed by atoms with van der Waals surface area (Å²) in [5, 5.41) is 1.19. The lowest BCUT2D eigenvalue weighted by Crippen LogP contribution is -2.24. The third-order valence-electron chi connectivity index (χ3n) is 1.19. The van der Waals surface area contributed by atoms with Crippen molar-refractivity contribution < 1.29 is 8.42 Å². The Labute approximate surface area is 62.4 Å². The average molecular weight is 163 g/mol. The van der Waals surface area contributed by atoms with E-state index in [1.807, 2.05) is 0 Å².